The number of pyridine rings is 1. The van der Waals surface area contributed by atoms with Gasteiger partial charge in [0.05, 0.1) is 7.11 Å². The van der Waals surface area contributed by atoms with E-state index < -0.39 is 0 Å². The molecule has 0 saturated carbocycles. The molecule has 1 aromatic carbocycles. The Kier molecular flexibility index (Phi) is 4.57. The first-order valence-electron chi connectivity index (χ1n) is 5.93. The quantitative estimate of drug-likeness (QED) is 0.900. The van der Waals surface area contributed by atoms with Crippen LogP contribution in [0.2, 0.25) is 0 Å². The third kappa shape index (κ3) is 3.48. The van der Waals surface area contributed by atoms with Crippen molar-refractivity contribution < 1.29 is 9.53 Å². The number of ether oxygens (including phenoxy) is 1. The number of amides is 1. The fourth-order valence-electron chi connectivity index (χ4n) is 1.65. The highest BCUT2D eigenvalue weighted by atomic mass is 79.9. The molecule has 0 spiro atoms. The molecule has 0 radical (unpaired) electrons. The van der Waals surface area contributed by atoms with Crippen LogP contribution in [0.25, 0.3) is 0 Å². The Morgan fingerprint density at radius 1 is 1.30 bits per heavy atom. The first-order chi connectivity index (χ1) is 9.62. The van der Waals surface area contributed by atoms with Gasteiger partial charge in [-0.3, -0.25) is 4.79 Å². The van der Waals surface area contributed by atoms with Crippen LogP contribution in [0, 0.1) is 0 Å². The second kappa shape index (κ2) is 6.38. The minimum atomic E-state index is -0.276. The summed E-state index contributed by atoms with van der Waals surface area (Å²) in [5.74, 6) is 1.03. The number of carbonyl (C=O) groups excluding carboxylic acids is 1. The van der Waals surface area contributed by atoms with E-state index in [1.54, 1.807) is 44.5 Å². The summed E-state index contributed by atoms with van der Waals surface area (Å²) in [7, 11) is 3.33. The number of aromatic nitrogens is 1. The van der Waals surface area contributed by atoms with Crippen LogP contribution in [-0.4, -0.2) is 25.0 Å². The summed E-state index contributed by atoms with van der Waals surface area (Å²) in [6.07, 6.45) is 0. The van der Waals surface area contributed by atoms with E-state index in [0.717, 1.165) is 4.47 Å². The number of hydrogen-bond donors (Lipinski definition) is 2. The third-order valence-electron chi connectivity index (χ3n) is 2.60. The topological polar surface area (TPSA) is 63.2 Å². The van der Waals surface area contributed by atoms with Crippen molar-refractivity contribution in [2.45, 2.75) is 0 Å². The maximum atomic E-state index is 12.1. The van der Waals surface area contributed by atoms with Gasteiger partial charge in [-0.2, -0.15) is 0 Å². The molecule has 104 valence electrons. The molecule has 0 aliphatic heterocycles. The van der Waals surface area contributed by atoms with Crippen molar-refractivity contribution in [1.82, 2.24) is 4.98 Å². The fourth-order valence-corrected chi connectivity index (χ4v) is 2.12. The van der Waals surface area contributed by atoms with Crippen molar-refractivity contribution >= 4 is 33.3 Å². The summed E-state index contributed by atoms with van der Waals surface area (Å²) < 4.78 is 5.98. The number of nitrogens with one attached hydrogen (secondary N) is 2. The van der Waals surface area contributed by atoms with Crippen molar-refractivity contribution in [2.24, 2.45) is 0 Å². The summed E-state index contributed by atoms with van der Waals surface area (Å²) in [6, 6.07) is 10.6. The number of nitrogens with zero attached hydrogens (tertiary/aromatic N) is 1. The van der Waals surface area contributed by atoms with Gasteiger partial charge >= 0.3 is 0 Å². The van der Waals surface area contributed by atoms with Gasteiger partial charge in [-0.1, -0.05) is 22.0 Å². The summed E-state index contributed by atoms with van der Waals surface area (Å²) in [5, 5.41) is 5.68. The lowest BCUT2D eigenvalue weighted by Crippen LogP contribution is -2.14. The van der Waals surface area contributed by atoms with Crippen LogP contribution in [-0.2, 0) is 0 Å². The highest BCUT2D eigenvalue weighted by Gasteiger charge is 2.09. The predicted molar refractivity (Wildman–Crippen MR) is 82.4 cm³/mol. The third-order valence-corrected chi connectivity index (χ3v) is 3.06. The van der Waals surface area contributed by atoms with Gasteiger partial charge in [0.1, 0.15) is 17.3 Å². The van der Waals surface area contributed by atoms with E-state index in [-0.39, 0.29) is 5.91 Å². The zero-order valence-electron chi connectivity index (χ0n) is 11.1. The van der Waals surface area contributed by atoms with E-state index in [4.69, 9.17) is 4.74 Å². The normalized spacial score (nSPS) is 9.95. The highest BCUT2D eigenvalue weighted by molar-refractivity contribution is 9.10. The summed E-state index contributed by atoms with van der Waals surface area (Å²) in [5.41, 5.74) is 0.980. The smallest absolute Gasteiger partial charge is 0.274 e. The molecule has 2 rings (SSSR count). The molecule has 2 N–H and O–H groups in total. The number of hydrogen-bond acceptors (Lipinski definition) is 4. The summed E-state index contributed by atoms with van der Waals surface area (Å²) in [6.45, 7) is 0. The Morgan fingerprint density at radius 2 is 2.10 bits per heavy atom. The van der Waals surface area contributed by atoms with E-state index in [0.29, 0.717) is 22.9 Å². The second-order valence-electron chi connectivity index (χ2n) is 3.99. The number of methoxy groups -OCH3 is 1. The molecule has 5 nitrogen and oxygen atoms in total. The van der Waals surface area contributed by atoms with Crippen LogP contribution in [0.15, 0.2) is 40.9 Å². The number of halogens is 1. The van der Waals surface area contributed by atoms with Gasteiger partial charge in [0.25, 0.3) is 5.91 Å². The zero-order valence-corrected chi connectivity index (χ0v) is 12.7. The molecule has 0 atom stereocenters. The van der Waals surface area contributed by atoms with Gasteiger partial charge in [0, 0.05) is 23.3 Å². The molecule has 1 heterocycles. The molecule has 2 aromatic rings. The first-order valence-corrected chi connectivity index (χ1v) is 6.72. The fraction of sp³-hybridized carbons (Fsp3) is 0.143. The monoisotopic (exact) mass is 335 g/mol. The lowest BCUT2D eigenvalue weighted by Gasteiger charge is -2.08. The molecule has 0 fully saturated rings. The van der Waals surface area contributed by atoms with Crippen LogP contribution in [0.3, 0.4) is 0 Å². The molecular formula is C14H14BrN3O2. The van der Waals surface area contributed by atoms with Crippen LogP contribution in [0.5, 0.6) is 5.75 Å². The van der Waals surface area contributed by atoms with E-state index in [9.17, 15) is 4.79 Å². The summed E-state index contributed by atoms with van der Waals surface area (Å²) >= 11 is 3.37. The Bertz CT molecular complexity index is 632. The molecule has 0 bridgehead atoms. The van der Waals surface area contributed by atoms with Crippen LogP contribution < -0.4 is 15.4 Å². The van der Waals surface area contributed by atoms with E-state index >= 15 is 0 Å². The molecule has 0 aliphatic carbocycles. The lowest BCUT2D eigenvalue weighted by atomic mass is 10.2. The standard InChI is InChI=1S/C14H14BrN3O2/c1-16-13-5-3-4-12(18-13)14(19)17-10-6-9(15)7-11(8-10)20-2/h3-8H,1-2H3,(H,16,18)(H,17,19). The van der Waals surface area contributed by atoms with E-state index in [1.807, 2.05) is 6.07 Å². The maximum Gasteiger partial charge on any atom is 0.274 e. The van der Waals surface area contributed by atoms with Crippen molar-refractivity contribution in [2.75, 3.05) is 24.8 Å². The second-order valence-corrected chi connectivity index (χ2v) is 4.91. The highest BCUT2D eigenvalue weighted by Crippen LogP contribution is 2.24. The average Bonchev–Trinajstić information content (AvgIpc) is 2.46. The predicted octanol–water partition coefficient (Wildman–Crippen LogP) is 3.15. The maximum absolute atomic E-state index is 12.1. The molecule has 0 unspecified atom stereocenters. The van der Waals surface area contributed by atoms with E-state index in [1.165, 1.54) is 0 Å². The van der Waals surface area contributed by atoms with Gasteiger partial charge in [-0.05, 0) is 24.3 Å². The van der Waals surface area contributed by atoms with Gasteiger partial charge in [0.15, 0.2) is 0 Å². The molecule has 1 amide bonds. The van der Waals surface area contributed by atoms with Crippen LogP contribution >= 0.6 is 15.9 Å². The number of benzene rings is 1. The number of anilines is 2. The zero-order chi connectivity index (χ0) is 14.5. The molecule has 20 heavy (non-hydrogen) atoms. The van der Waals surface area contributed by atoms with Crippen molar-refractivity contribution in [3.63, 3.8) is 0 Å². The summed E-state index contributed by atoms with van der Waals surface area (Å²) in [4.78, 5) is 16.3. The van der Waals surface area contributed by atoms with Gasteiger partial charge in [-0.25, -0.2) is 4.98 Å². The minimum absolute atomic E-state index is 0.276. The van der Waals surface area contributed by atoms with Gasteiger partial charge < -0.3 is 15.4 Å². The Morgan fingerprint density at radius 3 is 2.80 bits per heavy atom. The minimum Gasteiger partial charge on any atom is -0.497 e. The Hall–Kier alpha value is -2.08. The van der Waals surface area contributed by atoms with E-state index in [2.05, 4.69) is 31.5 Å². The van der Waals surface area contributed by atoms with Gasteiger partial charge in [-0.15, -0.1) is 0 Å². The molecular weight excluding hydrogens is 322 g/mol. The molecule has 0 aliphatic rings. The number of rotatable bonds is 4. The van der Waals surface area contributed by atoms with Crippen LogP contribution in [0.1, 0.15) is 10.5 Å². The van der Waals surface area contributed by atoms with Crippen LogP contribution in [0.4, 0.5) is 11.5 Å². The molecule has 1 aromatic heterocycles. The first kappa shape index (κ1) is 14.3. The van der Waals surface area contributed by atoms with Crippen molar-refractivity contribution in [3.8, 4) is 5.75 Å². The Labute approximate surface area is 125 Å². The lowest BCUT2D eigenvalue weighted by molar-refractivity contribution is 0.102. The Balaban J connectivity index is 2.20. The average molecular weight is 336 g/mol. The van der Waals surface area contributed by atoms with Crippen molar-refractivity contribution in [3.05, 3.63) is 46.6 Å². The van der Waals surface area contributed by atoms with Gasteiger partial charge in [0.2, 0.25) is 0 Å². The van der Waals surface area contributed by atoms with Crippen molar-refractivity contribution in [1.29, 1.82) is 0 Å². The SMILES string of the molecule is CNc1cccc(C(=O)Nc2cc(Br)cc(OC)c2)n1. The number of carbonyl (C=O) groups is 1. The largest absolute Gasteiger partial charge is 0.497 e. The molecule has 6 heteroatoms. The molecule has 0 saturated heterocycles.